The van der Waals surface area contributed by atoms with Crippen LogP contribution >= 0.6 is 0 Å². The number of nitrogens with zero attached hydrogens (tertiary/aromatic N) is 1. The van der Waals surface area contributed by atoms with E-state index in [0.29, 0.717) is 24.9 Å². The van der Waals surface area contributed by atoms with Crippen LogP contribution in [-0.4, -0.2) is 47.7 Å². The molecule has 1 aliphatic heterocycles. The lowest BCUT2D eigenvalue weighted by Gasteiger charge is -2.39. The number of nitrogens with one attached hydrogen (secondary N) is 1. The van der Waals surface area contributed by atoms with Gasteiger partial charge in [-0.3, -0.25) is 4.79 Å². The average molecular weight is 242 g/mol. The molecule has 1 fully saturated rings. The van der Waals surface area contributed by atoms with Gasteiger partial charge < -0.3 is 15.3 Å². The van der Waals surface area contributed by atoms with Crippen molar-refractivity contribution in [2.45, 2.75) is 39.7 Å². The zero-order valence-electron chi connectivity index (χ0n) is 11.5. The van der Waals surface area contributed by atoms with E-state index in [1.165, 1.54) is 6.42 Å². The lowest BCUT2D eigenvalue weighted by Crippen LogP contribution is -2.58. The fraction of sp³-hybridized carbons (Fsp3) is 0.923. The molecule has 0 aromatic carbocycles. The topological polar surface area (TPSA) is 52.6 Å². The predicted molar refractivity (Wildman–Crippen MR) is 69.1 cm³/mol. The standard InChI is InChI=1S/C13H26N2O2/c1-5-14-13(4,12(16)17)9-15-7-10(2)6-11(3)8-15/h10-11,14H,5-9H2,1-4H3,(H,16,17). The van der Waals surface area contributed by atoms with Crippen LogP contribution in [0.1, 0.15) is 34.1 Å². The van der Waals surface area contributed by atoms with Crippen molar-refractivity contribution in [3.8, 4) is 0 Å². The summed E-state index contributed by atoms with van der Waals surface area (Å²) in [7, 11) is 0. The van der Waals surface area contributed by atoms with Gasteiger partial charge in [0.15, 0.2) is 0 Å². The molecule has 0 saturated carbocycles. The molecule has 0 spiro atoms. The van der Waals surface area contributed by atoms with Crippen LogP contribution in [0.4, 0.5) is 0 Å². The maximum Gasteiger partial charge on any atom is 0.324 e. The minimum absolute atomic E-state index is 0.588. The van der Waals surface area contributed by atoms with E-state index in [9.17, 15) is 9.90 Å². The largest absolute Gasteiger partial charge is 0.480 e. The minimum Gasteiger partial charge on any atom is -0.480 e. The Bertz CT molecular complexity index is 260. The highest BCUT2D eigenvalue weighted by Crippen LogP contribution is 2.22. The van der Waals surface area contributed by atoms with Gasteiger partial charge in [-0.05, 0) is 31.7 Å². The number of carbonyl (C=O) groups is 1. The van der Waals surface area contributed by atoms with Gasteiger partial charge in [0.05, 0.1) is 0 Å². The summed E-state index contributed by atoms with van der Waals surface area (Å²) >= 11 is 0. The Balaban J connectivity index is 2.63. The molecule has 17 heavy (non-hydrogen) atoms. The number of hydrogen-bond acceptors (Lipinski definition) is 3. The van der Waals surface area contributed by atoms with Gasteiger partial charge in [0.1, 0.15) is 5.54 Å². The number of aliphatic carboxylic acids is 1. The zero-order valence-corrected chi connectivity index (χ0v) is 11.5. The maximum atomic E-state index is 11.4. The Hall–Kier alpha value is -0.610. The van der Waals surface area contributed by atoms with E-state index < -0.39 is 11.5 Å². The van der Waals surface area contributed by atoms with E-state index >= 15 is 0 Å². The molecule has 4 heteroatoms. The van der Waals surface area contributed by atoms with Gasteiger partial charge in [-0.15, -0.1) is 0 Å². The monoisotopic (exact) mass is 242 g/mol. The van der Waals surface area contributed by atoms with Crippen LogP contribution in [0.25, 0.3) is 0 Å². The van der Waals surface area contributed by atoms with Crippen LogP contribution in [0.2, 0.25) is 0 Å². The number of likely N-dealkylation sites (N-methyl/N-ethyl adjacent to an activating group) is 1. The van der Waals surface area contributed by atoms with Gasteiger partial charge >= 0.3 is 5.97 Å². The van der Waals surface area contributed by atoms with Crippen LogP contribution in [-0.2, 0) is 4.79 Å². The first-order chi connectivity index (χ1) is 7.87. The van der Waals surface area contributed by atoms with Gasteiger partial charge in [0, 0.05) is 19.6 Å². The molecule has 1 rings (SSSR count). The maximum absolute atomic E-state index is 11.4. The normalized spacial score (nSPS) is 29.9. The summed E-state index contributed by atoms with van der Waals surface area (Å²) < 4.78 is 0. The van der Waals surface area contributed by atoms with Crippen LogP contribution in [0.15, 0.2) is 0 Å². The quantitative estimate of drug-likeness (QED) is 0.765. The molecule has 3 atom stereocenters. The summed E-state index contributed by atoms with van der Waals surface area (Å²) in [5, 5.41) is 12.4. The fourth-order valence-corrected chi connectivity index (χ4v) is 2.96. The van der Waals surface area contributed by atoms with Gasteiger partial charge in [-0.25, -0.2) is 0 Å². The van der Waals surface area contributed by atoms with Crippen molar-refractivity contribution in [1.29, 1.82) is 0 Å². The third kappa shape index (κ3) is 3.96. The lowest BCUT2D eigenvalue weighted by atomic mass is 9.90. The molecule has 1 saturated heterocycles. The molecule has 0 bridgehead atoms. The predicted octanol–water partition coefficient (Wildman–Crippen LogP) is 1.42. The van der Waals surface area contributed by atoms with Gasteiger partial charge in [0.2, 0.25) is 0 Å². The Morgan fingerprint density at radius 3 is 2.35 bits per heavy atom. The first-order valence-corrected chi connectivity index (χ1v) is 6.58. The number of rotatable bonds is 5. The Kier molecular flexibility index (Phi) is 4.95. The summed E-state index contributed by atoms with van der Waals surface area (Å²) in [5.74, 6) is 0.571. The lowest BCUT2D eigenvalue weighted by molar-refractivity contribution is -0.145. The fourth-order valence-electron chi connectivity index (χ4n) is 2.96. The van der Waals surface area contributed by atoms with Crippen molar-refractivity contribution in [2.75, 3.05) is 26.2 Å². The van der Waals surface area contributed by atoms with Crippen molar-refractivity contribution in [1.82, 2.24) is 10.2 Å². The van der Waals surface area contributed by atoms with Crippen molar-refractivity contribution in [3.63, 3.8) is 0 Å². The van der Waals surface area contributed by atoms with Gasteiger partial charge in [-0.2, -0.15) is 0 Å². The molecular formula is C13H26N2O2. The molecule has 0 aromatic heterocycles. The Morgan fingerprint density at radius 1 is 1.41 bits per heavy atom. The smallest absolute Gasteiger partial charge is 0.324 e. The highest BCUT2D eigenvalue weighted by atomic mass is 16.4. The molecule has 0 amide bonds. The van der Waals surface area contributed by atoms with Gasteiger partial charge in [0.25, 0.3) is 0 Å². The summed E-state index contributed by atoms with van der Waals surface area (Å²) in [6, 6.07) is 0. The molecule has 0 aliphatic carbocycles. The number of hydrogen-bond donors (Lipinski definition) is 2. The zero-order chi connectivity index (χ0) is 13.1. The van der Waals surface area contributed by atoms with Crippen molar-refractivity contribution >= 4 is 5.97 Å². The van der Waals surface area contributed by atoms with E-state index in [4.69, 9.17) is 0 Å². The molecule has 4 nitrogen and oxygen atoms in total. The number of piperidine rings is 1. The van der Waals surface area contributed by atoms with Crippen LogP contribution in [0, 0.1) is 11.8 Å². The second-order valence-electron chi connectivity index (χ2n) is 5.81. The second-order valence-corrected chi connectivity index (χ2v) is 5.81. The average Bonchev–Trinajstić information content (AvgIpc) is 2.15. The molecular weight excluding hydrogens is 216 g/mol. The highest BCUT2D eigenvalue weighted by molar-refractivity contribution is 5.78. The third-order valence-corrected chi connectivity index (χ3v) is 3.52. The molecule has 1 aliphatic rings. The molecule has 0 radical (unpaired) electrons. The van der Waals surface area contributed by atoms with E-state index in [1.807, 2.05) is 6.92 Å². The van der Waals surface area contributed by atoms with E-state index in [1.54, 1.807) is 6.92 Å². The molecule has 100 valence electrons. The van der Waals surface area contributed by atoms with E-state index in [-0.39, 0.29) is 0 Å². The first kappa shape index (κ1) is 14.5. The Morgan fingerprint density at radius 2 is 1.94 bits per heavy atom. The first-order valence-electron chi connectivity index (χ1n) is 6.58. The van der Waals surface area contributed by atoms with Gasteiger partial charge in [-0.1, -0.05) is 20.8 Å². The number of carboxylic acid groups (broad SMARTS) is 1. The summed E-state index contributed by atoms with van der Waals surface area (Å²) in [5.41, 5.74) is -0.828. The molecule has 0 aromatic rings. The van der Waals surface area contributed by atoms with E-state index in [2.05, 4.69) is 24.1 Å². The summed E-state index contributed by atoms with van der Waals surface area (Å²) in [4.78, 5) is 13.6. The highest BCUT2D eigenvalue weighted by Gasteiger charge is 2.36. The third-order valence-electron chi connectivity index (χ3n) is 3.52. The summed E-state index contributed by atoms with van der Waals surface area (Å²) in [6.45, 7) is 11.5. The van der Waals surface area contributed by atoms with Crippen LogP contribution in [0.3, 0.4) is 0 Å². The molecule has 3 unspecified atom stereocenters. The SMILES string of the molecule is CCNC(C)(CN1CC(C)CC(C)C1)C(=O)O. The second kappa shape index (κ2) is 5.83. The number of carboxylic acids is 1. The van der Waals surface area contributed by atoms with Crippen LogP contribution in [0.5, 0.6) is 0 Å². The van der Waals surface area contributed by atoms with Crippen molar-refractivity contribution < 1.29 is 9.90 Å². The molecule has 2 N–H and O–H groups in total. The number of likely N-dealkylation sites (tertiary alicyclic amines) is 1. The van der Waals surface area contributed by atoms with E-state index in [0.717, 1.165) is 13.1 Å². The summed E-state index contributed by atoms with van der Waals surface area (Å²) in [6.07, 6.45) is 1.25. The minimum atomic E-state index is -0.828. The molecule has 1 heterocycles. The van der Waals surface area contributed by atoms with Crippen molar-refractivity contribution in [2.24, 2.45) is 11.8 Å². The van der Waals surface area contributed by atoms with Crippen LogP contribution < -0.4 is 5.32 Å². The van der Waals surface area contributed by atoms with Crippen molar-refractivity contribution in [3.05, 3.63) is 0 Å². The Labute approximate surface area is 104 Å².